The summed E-state index contributed by atoms with van der Waals surface area (Å²) in [7, 11) is -1.84. The maximum atomic E-state index is 13.4. The van der Waals surface area contributed by atoms with Crippen LogP contribution in [0, 0.1) is 19.7 Å². The molecule has 0 unspecified atom stereocenters. The molecule has 2 rings (SSSR count). The van der Waals surface area contributed by atoms with Crippen LogP contribution < -0.4 is 10.2 Å². The lowest BCUT2D eigenvalue weighted by Gasteiger charge is -2.13. The molecular weight excluding hydrogens is 293 g/mol. The van der Waals surface area contributed by atoms with Crippen molar-refractivity contribution in [3.05, 3.63) is 57.9 Å². The summed E-state index contributed by atoms with van der Waals surface area (Å²) in [5.74, 6) is 0.0578. The van der Waals surface area contributed by atoms with Crippen LogP contribution in [0.15, 0.2) is 30.3 Å². The van der Waals surface area contributed by atoms with Gasteiger partial charge in [-0.3, -0.25) is 0 Å². The van der Waals surface area contributed by atoms with E-state index in [1.807, 2.05) is 13.8 Å². The van der Waals surface area contributed by atoms with E-state index >= 15 is 0 Å². The van der Waals surface area contributed by atoms with E-state index in [0.717, 1.165) is 16.9 Å². The topological polar surface area (TPSA) is 49.7 Å². The lowest BCUT2D eigenvalue weighted by molar-refractivity contribution is 0.302. The SMILES string of the molecule is Cc1cc(Cl)cc(C)c1OCc1ccc(F)c(B(O)O)c1. The first kappa shape index (κ1) is 15.8. The molecule has 2 aromatic rings. The molecule has 0 fully saturated rings. The van der Waals surface area contributed by atoms with Crippen LogP contribution in [0.25, 0.3) is 0 Å². The van der Waals surface area contributed by atoms with E-state index in [1.54, 1.807) is 18.2 Å². The zero-order valence-electron chi connectivity index (χ0n) is 11.7. The number of aryl methyl sites for hydroxylation is 2. The van der Waals surface area contributed by atoms with E-state index < -0.39 is 12.9 Å². The predicted octanol–water partition coefficient (Wildman–Crippen LogP) is 2.35. The van der Waals surface area contributed by atoms with Gasteiger partial charge >= 0.3 is 7.12 Å². The molecule has 0 saturated carbocycles. The van der Waals surface area contributed by atoms with Gasteiger partial charge in [-0.25, -0.2) is 4.39 Å². The van der Waals surface area contributed by atoms with Crippen LogP contribution in [0.2, 0.25) is 5.02 Å². The minimum atomic E-state index is -1.84. The molecular formula is C15H15BClFO3. The quantitative estimate of drug-likeness (QED) is 0.853. The normalized spacial score (nSPS) is 10.6. The number of hydrogen-bond donors (Lipinski definition) is 2. The van der Waals surface area contributed by atoms with Gasteiger partial charge in [0, 0.05) is 10.5 Å². The highest BCUT2D eigenvalue weighted by atomic mass is 35.5. The van der Waals surface area contributed by atoms with Gasteiger partial charge in [-0.2, -0.15) is 0 Å². The second-order valence-corrected chi connectivity index (χ2v) is 5.32. The lowest BCUT2D eigenvalue weighted by atomic mass is 9.79. The summed E-state index contributed by atoms with van der Waals surface area (Å²) in [6.07, 6.45) is 0. The zero-order chi connectivity index (χ0) is 15.6. The molecule has 2 aromatic carbocycles. The molecule has 21 heavy (non-hydrogen) atoms. The number of benzene rings is 2. The van der Waals surface area contributed by atoms with Crippen molar-refractivity contribution in [1.29, 1.82) is 0 Å². The summed E-state index contributed by atoms with van der Waals surface area (Å²) in [5, 5.41) is 18.8. The van der Waals surface area contributed by atoms with Crippen LogP contribution >= 0.6 is 11.6 Å². The second-order valence-electron chi connectivity index (χ2n) is 4.89. The Hall–Kier alpha value is -1.56. The molecule has 110 valence electrons. The van der Waals surface area contributed by atoms with Gasteiger partial charge in [0.25, 0.3) is 0 Å². The van der Waals surface area contributed by atoms with Crippen LogP contribution in [0.1, 0.15) is 16.7 Å². The minimum absolute atomic E-state index is 0.166. The molecule has 0 aliphatic rings. The van der Waals surface area contributed by atoms with Crippen molar-refractivity contribution in [2.75, 3.05) is 0 Å². The maximum absolute atomic E-state index is 13.4. The summed E-state index contributed by atoms with van der Waals surface area (Å²) in [4.78, 5) is 0. The number of halogens is 2. The number of ether oxygens (including phenoxy) is 1. The summed E-state index contributed by atoms with van der Waals surface area (Å²) in [6, 6.07) is 7.71. The van der Waals surface area contributed by atoms with Gasteiger partial charge in [-0.15, -0.1) is 0 Å². The van der Waals surface area contributed by atoms with Crippen molar-refractivity contribution in [1.82, 2.24) is 0 Å². The first-order valence-corrected chi connectivity index (χ1v) is 6.80. The molecule has 6 heteroatoms. The van der Waals surface area contributed by atoms with Crippen molar-refractivity contribution in [3.63, 3.8) is 0 Å². The molecule has 0 saturated heterocycles. The molecule has 0 heterocycles. The van der Waals surface area contributed by atoms with Gasteiger partial charge < -0.3 is 14.8 Å². The fourth-order valence-electron chi connectivity index (χ4n) is 2.16. The first-order chi connectivity index (χ1) is 9.88. The van der Waals surface area contributed by atoms with E-state index in [-0.39, 0.29) is 12.1 Å². The van der Waals surface area contributed by atoms with Crippen molar-refractivity contribution < 1.29 is 19.2 Å². The Morgan fingerprint density at radius 2 is 1.76 bits per heavy atom. The highest BCUT2D eigenvalue weighted by Gasteiger charge is 2.17. The predicted molar refractivity (Wildman–Crippen MR) is 81.5 cm³/mol. The summed E-state index contributed by atoms with van der Waals surface area (Å²) < 4.78 is 19.1. The highest BCUT2D eigenvalue weighted by molar-refractivity contribution is 6.58. The highest BCUT2D eigenvalue weighted by Crippen LogP contribution is 2.27. The zero-order valence-corrected chi connectivity index (χ0v) is 12.5. The van der Waals surface area contributed by atoms with E-state index in [9.17, 15) is 4.39 Å². The van der Waals surface area contributed by atoms with Crippen LogP contribution in [-0.4, -0.2) is 17.2 Å². The molecule has 2 N–H and O–H groups in total. The van der Waals surface area contributed by atoms with Crippen LogP contribution in [0.4, 0.5) is 4.39 Å². The van der Waals surface area contributed by atoms with E-state index in [4.69, 9.17) is 26.4 Å². The van der Waals surface area contributed by atoms with E-state index in [2.05, 4.69) is 0 Å². The van der Waals surface area contributed by atoms with Gasteiger partial charge in [-0.1, -0.05) is 23.7 Å². The third kappa shape index (κ3) is 3.76. The fraction of sp³-hybridized carbons (Fsp3) is 0.200. The molecule has 0 radical (unpaired) electrons. The Kier molecular flexibility index (Phi) is 4.88. The van der Waals surface area contributed by atoms with Gasteiger partial charge in [0.15, 0.2) is 0 Å². The third-order valence-electron chi connectivity index (χ3n) is 3.15. The molecule has 0 amide bonds. The second kappa shape index (κ2) is 6.47. The Labute approximate surface area is 128 Å². The molecule has 0 spiro atoms. The average Bonchev–Trinajstić information content (AvgIpc) is 2.38. The van der Waals surface area contributed by atoms with Crippen LogP contribution in [-0.2, 0) is 6.61 Å². The Morgan fingerprint density at radius 1 is 1.14 bits per heavy atom. The lowest BCUT2D eigenvalue weighted by Crippen LogP contribution is -2.33. The van der Waals surface area contributed by atoms with Crippen LogP contribution in [0.5, 0.6) is 5.75 Å². The number of rotatable bonds is 4. The molecule has 0 aromatic heterocycles. The van der Waals surface area contributed by atoms with Crippen LogP contribution in [0.3, 0.4) is 0 Å². The third-order valence-corrected chi connectivity index (χ3v) is 3.37. The first-order valence-electron chi connectivity index (χ1n) is 6.42. The fourth-order valence-corrected chi connectivity index (χ4v) is 2.49. The Balaban J connectivity index is 2.19. The van der Waals surface area contributed by atoms with Crippen molar-refractivity contribution >= 4 is 24.2 Å². The molecule has 0 aliphatic heterocycles. The smallest absolute Gasteiger partial charge is 0.488 e. The minimum Gasteiger partial charge on any atom is -0.488 e. The maximum Gasteiger partial charge on any atom is 0.491 e. The van der Waals surface area contributed by atoms with Crippen molar-refractivity contribution in [3.8, 4) is 5.75 Å². The van der Waals surface area contributed by atoms with Crippen molar-refractivity contribution in [2.24, 2.45) is 0 Å². The molecule has 0 aliphatic carbocycles. The van der Waals surface area contributed by atoms with E-state index in [1.165, 1.54) is 12.1 Å². The average molecular weight is 309 g/mol. The van der Waals surface area contributed by atoms with Gasteiger partial charge in [0.05, 0.1) is 0 Å². The Bertz CT molecular complexity index is 638. The largest absolute Gasteiger partial charge is 0.491 e. The molecule has 0 atom stereocenters. The summed E-state index contributed by atoms with van der Waals surface area (Å²) in [6.45, 7) is 3.98. The Morgan fingerprint density at radius 3 is 2.33 bits per heavy atom. The van der Waals surface area contributed by atoms with Crippen molar-refractivity contribution in [2.45, 2.75) is 20.5 Å². The summed E-state index contributed by atoms with van der Waals surface area (Å²) in [5.41, 5.74) is 2.29. The van der Waals surface area contributed by atoms with Gasteiger partial charge in [-0.05, 0) is 48.7 Å². The number of hydrogen-bond acceptors (Lipinski definition) is 3. The van der Waals surface area contributed by atoms with Gasteiger partial charge in [0.2, 0.25) is 0 Å². The van der Waals surface area contributed by atoms with Gasteiger partial charge in [0.1, 0.15) is 18.2 Å². The molecule has 3 nitrogen and oxygen atoms in total. The standard InChI is InChI=1S/C15H15BClFO3/c1-9-5-12(17)6-10(2)15(9)21-8-11-3-4-14(18)13(7-11)16(19)20/h3-7,19-20H,8H2,1-2H3. The summed E-state index contributed by atoms with van der Waals surface area (Å²) >= 11 is 5.96. The van der Waals surface area contributed by atoms with E-state index in [0.29, 0.717) is 10.6 Å². The monoisotopic (exact) mass is 308 g/mol. The molecule has 0 bridgehead atoms.